The van der Waals surface area contributed by atoms with Crippen LogP contribution in [0.5, 0.6) is 0 Å². The predicted octanol–water partition coefficient (Wildman–Crippen LogP) is 0.493. The molecule has 1 rings (SSSR count). The molecule has 0 aromatic heterocycles. The fourth-order valence-corrected chi connectivity index (χ4v) is 1.83. The van der Waals surface area contributed by atoms with Crippen molar-refractivity contribution in [1.29, 1.82) is 0 Å². The van der Waals surface area contributed by atoms with Crippen LogP contribution in [0.2, 0.25) is 0 Å². The lowest BCUT2D eigenvalue weighted by atomic mass is 10.2. The van der Waals surface area contributed by atoms with Crippen LogP contribution in [0.4, 0.5) is 0 Å². The summed E-state index contributed by atoms with van der Waals surface area (Å²) in [6.07, 6.45) is 1.04. The molecule has 15 heavy (non-hydrogen) atoms. The van der Waals surface area contributed by atoms with E-state index in [0.717, 1.165) is 13.0 Å². The van der Waals surface area contributed by atoms with Crippen LogP contribution in [0.25, 0.3) is 0 Å². The van der Waals surface area contributed by atoms with E-state index < -0.39 is 0 Å². The highest BCUT2D eigenvalue weighted by Gasteiger charge is 2.35. The van der Waals surface area contributed by atoms with Crippen LogP contribution in [0, 0.1) is 0 Å². The Kier molecular flexibility index (Phi) is 4.11. The second kappa shape index (κ2) is 4.94. The van der Waals surface area contributed by atoms with Gasteiger partial charge in [0.25, 0.3) is 0 Å². The Labute approximate surface area is 92.6 Å². The van der Waals surface area contributed by atoms with E-state index in [2.05, 4.69) is 24.1 Å². The van der Waals surface area contributed by atoms with Crippen LogP contribution in [-0.2, 0) is 4.79 Å². The zero-order chi connectivity index (χ0) is 11.6. The lowest BCUT2D eigenvalue weighted by Gasteiger charge is -2.28. The molecule has 1 aliphatic rings. The molecule has 3 atom stereocenters. The number of hydrogen-bond donors (Lipinski definition) is 1. The molecule has 88 valence electrons. The maximum absolute atomic E-state index is 11.9. The summed E-state index contributed by atoms with van der Waals surface area (Å²) in [4.78, 5) is 16.0. The van der Waals surface area contributed by atoms with Gasteiger partial charge in [0.15, 0.2) is 0 Å². The van der Waals surface area contributed by atoms with Crippen molar-refractivity contribution in [2.24, 2.45) is 0 Å². The summed E-state index contributed by atoms with van der Waals surface area (Å²) in [7, 11) is 4.08. The number of carbonyl (C=O) groups is 1. The predicted molar refractivity (Wildman–Crippen MR) is 61.5 cm³/mol. The molecule has 4 heteroatoms. The Bertz CT molecular complexity index is 230. The van der Waals surface area contributed by atoms with Gasteiger partial charge in [-0.1, -0.05) is 6.92 Å². The van der Waals surface area contributed by atoms with Crippen molar-refractivity contribution >= 4 is 5.91 Å². The van der Waals surface area contributed by atoms with Gasteiger partial charge < -0.3 is 9.80 Å². The van der Waals surface area contributed by atoms with Gasteiger partial charge in [0.1, 0.15) is 0 Å². The number of carbonyl (C=O) groups excluding carboxylic acids is 1. The van der Waals surface area contributed by atoms with E-state index in [0.29, 0.717) is 6.04 Å². The molecule has 4 nitrogen and oxygen atoms in total. The van der Waals surface area contributed by atoms with Crippen LogP contribution in [-0.4, -0.2) is 54.6 Å². The van der Waals surface area contributed by atoms with Gasteiger partial charge in [-0.2, -0.15) is 0 Å². The van der Waals surface area contributed by atoms with Gasteiger partial charge in [0.2, 0.25) is 5.91 Å². The average molecular weight is 213 g/mol. The van der Waals surface area contributed by atoms with Crippen LogP contribution in [0.3, 0.4) is 0 Å². The number of amides is 1. The first-order valence-electron chi connectivity index (χ1n) is 5.70. The molecule has 1 N–H and O–H groups in total. The van der Waals surface area contributed by atoms with E-state index in [4.69, 9.17) is 0 Å². The topological polar surface area (TPSA) is 35.6 Å². The zero-order valence-corrected chi connectivity index (χ0v) is 10.4. The minimum Gasteiger partial charge on any atom is -0.325 e. The van der Waals surface area contributed by atoms with Crippen molar-refractivity contribution in [3.63, 3.8) is 0 Å². The zero-order valence-electron chi connectivity index (χ0n) is 10.4. The summed E-state index contributed by atoms with van der Waals surface area (Å²) < 4.78 is 0. The van der Waals surface area contributed by atoms with Crippen LogP contribution < -0.4 is 5.32 Å². The molecule has 1 aliphatic heterocycles. The van der Waals surface area contributed by atoms with Crippen LogP contribution in [0.15, 0.2) is 0 Å². The molecule has 0 saturated carbocycles. The molecular formula is C11H23N3O. The molecule has 1 saturated heterocycles. The van der Waals surface area contributed by atoms with Gasteiger partial charge in [-0.25, -0.2) is 0 Å². The second-order valence-corrected chi connectivity index (χ2v) is 4.61. The van der Waals surface area contributed by atoms with Gasteiger partial charge in [-0.3, -0.25) is 10.1 Å². The lowest BCUT2D eigenvalue weighted by molar-refractivity contribution is -0.130. The third-order valence-corrected chi connectivity index (χ3v) is 3.24. The fourth-order valence-electron chi connectivity index (χ4n) is 1.83. The maximum atomic E-state index is 11.9. The fraction of sp³-hybridized carbons (Fsp3) is 0.909. The van der Waals surface area contributed by atoms with Crippen LogP contribution >= 0.6 is 0 Å². The molecule has 0 aliphatic carbocycles. The quantitative estimate of drug-likeness (QED) is 0.738. The first kappa shape index (κ1) is 12.5. The van der Waals surface area contributed by atoms with Crippen molar-refractivity contribution in [2.75, 3.05) is 20.6 Å². The molecule has 1 fully saturated rings. The first-order valence-corrected chi connectivity index (χ1v) is 5.70. The summed E-state index contributed by atoms with van der Waals surface area (Å²) in [6.45, 7) is 7.03. The molecule has 0 bridgehead atoms. The smallest absolute Gasteiger partial charge is 0.241 e. The Hall–Kier alpha value is -0.610. The summed E-state index contributed by atoms with van der Waals surface area (Å²) in [5.41, 5.74) is 0. The van der Waals surface area contributed by atoms with E-state index in [1.54, 1.807) is 0 Å². The number of nitrogens with zero attached hydrogens (tertiary/aromatic N) is 2. The highest BCUT2D eigenvalue weighted by Crippen LogP contribution is 2.13. The third-order valence-electron chi connectivity index (χ3n) is 3.24. The average Bonchev–Trinajstić information content (AvgIpc) is 2.44. The Balaban J connectivity index is 2.58. The van der Waals surface area contributed by atoms with Gasteiger partial charge in [-0.15, -0.1) is 0 Å². The molecule has 0 aromatic rings. The van der Waals surface area contributed by atoms with Crippen molar-refractivity contribution < 1.29 is 4.79 Å². The summed E-state index contributed by atoms with van der Waals surface area (Å²) in [5.74, 6) is 0.249. The minimum absolute atomic E-state index is 0.0226. The number of rotatable bonds is 4. The van der Waals surface area contributed by atoms with Gasteiger partial charge in [0.05, 0.1) is 12.2 Å². The maximum Gasteiger partial charge on any atom is 0.241 e. The van der Waals surface area contributed by atoms with E-state index in [9.17, 15) is 4.79 Å². The number of hydrogen-bond acceptors (Lipinski definition) is 3. The third kappa shape index (κ3) is 2.69. The number of likely N-dealkylation sites (N-methyl/N-ethyl adjacent to an activating group) is 1. The SMILES string of the molecule is CCC1NC(C)N(CC(C)N(C)C)C1=O. The highest BCUT2D eigenvalue weighted by molar-refractivity contribution is 5.84. The lowest BCUT2D eigenvalue weighted by Crippen LogP contribution is -2.43. The summed E-state index contributed by atoms with van der Waals surface area (Å²) in [5, 5.41) is 3.31. The Morgan fingerprint density at radius 3 is 2.53 bits per heavy atom. The molecule has 0 radical (unpaired) electrons. The van der Waals surface area contributed by atoms with E-state index in [1.807, 2.05) is 25.9 Å². The normalized spacial score (nSPS) is 28.9. The number of nitrogens with one attached hydrogen (secondary N) is 1. The van der Waals surface area contributed by atoms with E-state index in [1.165, 1.54) is 0 Å². The Morgan fingerprint density at radius 1 is 1.53 bits per heavy atom. The van der Waals surface area contributed by atoms with Crippen molar-refractivity contribution in [3.05, 3.63) is 0 Å². The van der Waals surface area contributed by atoms with Gasteiger partial charge in [-0.05, 0) is 34.4 Å². The highest BCUT2D eigenvalue weighted by atomic mass is 16.2. The molecule has 0 aromatic carbocycles. The monoisotopic (exact) mass is 213 g/mol. The minimum atomic E-state index is 0.0226. The molecule has 3 unspecified atom stereocenters. The summed E-state index contributed by atoms with van der Waals surface area (Å²) in [6, 6.07) is 0.420. The van der Waals surface area contributed by atoms with Crippen LogP contribution in [0.1, 0.15) is 27.2 Å². The van der Waals surface area contributed by atoms with Crippen molar-refractivity contribution in [1.82, 2.24) is 15.1 Å². The first-order chi connectivity index (χ1) is 6.97. The second-order valence-electron chi connectivity index (χ2n) is 4.61. The molecule has 1 amide bonds. The van der Waals surface area contributed by atoms with Gasteiger partial charge in [0, 0.05) is 12.6 Å². The van der Waals surface area contributed by atoms with Crippen molar-refractivity contribution in [3.8, 4) is 0 Å². The van der Waals surface area contributed by atoms with E-state index >= 15 is 0 Å². The largest absolute Gasteiger partial charge is 0.325 e. The molecular weight excluding hydrogens is 190 g/mol. The summed E-state index contributed by atoms with van der Waals surface area (Å²) >= 11 is 0. The van der Waals surface area contributed by atoms with Gasteiger partial charge >= 0.3 is 0 Å². The van der Waals surface area contributed by atoms with Crippen molar-refractivity contribution in [2.45, 2.75) is 45.4 Å². The Morgan fingerprint density at radius 2 is 2.13 bits per heavy atom. The van der Waals surface area contributed by atoms with E-state index in [-0.39, 0.29) is 18.1 Å². The molecule has 1 heterocycles. The standard InChI is InChI=1S/C11H23N3O/c1-6-10-11(15)14(9(3)12-10)7-8(2)13(4)5/h8-10,12H,6-7H2,1-5H3. The molecule has 0 spiro atoms.